The molecule has 1 aromatic rings. The molecule has 2 rings (SSSR count). The van der Waals surface area contributed by atoms with E-state index in [0.29, 0.717) is 12.1 Å². The lowest BCUT2D eigenvalue weighted by atomic mass is 10.0. The van der Waals surface area contributed by atoms with Crippen molar-refractivity contribution in [3.63, 3.8) is 0 Å². The standard InChI is InChI=1S/C14H20N2O3S.ClH/c1-11(17)12-5-4-6-13(9-12)20(18,19)16-14(10-15)7-2-3-8-14;/h4-6,9,16H,2-3,7-8,10,15H2,1H3;1H. The summed E-state index contributed by atoms with van der Waals surface area (Å²) < 4.78 is 27.6. The van der Waals surface area contributed by atoms with Crippen LogP contribution in [0.5, 0.6) is 0 Å². The van der Waals surface area contributed by atoms with Crippen LogP contribution in [0, 0.1) is 0 Å². The van der Waals surface area contributed by atoms with Gasteiger partial charge in [0.25, 0.3) is 0 Å². The van der Waals surface area contributed by atoms with Crippen LogP contribution in [0.4, 0.5) is 0 Å². The molecule has 21 heavy (non-hydrogen) atoms. The molecule has 0 atom stereocenters. The molecule has 118 valence electrons. The van der Waals surface area contributed by atoms with E-state index in [-0.39, 0.29) is 23.1 Å². The lowest BCUT2D eigenvalue weighted by Gasteiger charge is -2.28. The average molecular weight is 333 g/mol. The summed E-state index contributed by atoms with van der Waals surface area (Å²) in [6.45, 7) is 1.70. The molecule has 1 aromatic carbocycles. The average Bonchev–Trinajstić information content (AvgIpc) is 2.87. The molecule has 0 amide bonds. The van der Waals surface area contributed by atoms with Crippen molar-refractivity contribution in [3.05, 3.63) is 29.8 Å². The molecule has 1 aliphatic rings. The van der Waals surface area contributed by atoms with Crippen molar-refractivity contribution in [1.29, 1.82) is 0 Å². The number of carbonyl (C=O) groups excluding carboxylic acids is 1. The van der Waals surface area contributed by atoms with Crippen molar-refractivity contribution in [3.8, 4) is 0 Å². The van der Waals surface area contributed by atoms with Crippen LogP contribution in [0.3, 0.4) is 0 Å². The van der Waals surface area contributed by atoms with Gasteiger partial charge in [0.05, 0.1) is 4.90 Å². The minimum absolute atomic E-state index is 0. The molecule has 0 bridgehead atoms. The zero-order valence-corrected chi connectivity index (χ0v) is 13.6. The molecule has 1 saturated carbocycles. The van der Waals surface area contributed by atoms with E-state index in [1.165, 1.54) is 19.1 Å². The summed E-state index contributed by atoms with van der Waals surface area (Å²) in [5.41, 5.74) is 5.60. The Bertz CT molecular complexity index is 610. The number of benzene rings is 1. The molecule has 0 aromatic heterocycles. The summed E-state index contributed by atoms with van der Waals surface area (Å²) in [7, 11) is -3.65. The first-order valence-electron chi connectivity index (χ1n) is 6.74. The molecule has 0 aliphatic heterocycles. The Morgan fingerprint density at radius 1 is 1.33 bits per heavy atom. The second kappa shape index (κ2) is 6.87. The van der Waals surface area contributed by atoms with Crippen LogP contribution in [-0.4, -0.2) is 26.3 Å². The zero-order valence-electron chi connectivity index (χ0n) is 12.0. The van der Waals surface area contributed by atoms with E-state index in [2.05, 4.69) is 4.72 Å². The van der Waals surface area contributed by atoms with E-state index in [1.807, 2.05) is 0 Å². The lowest BCUT2D eigenvalue weighted by Crippen LogP contribution is -2.51. The van der Waals surface area contributed by atoms with Crippen LogP contribution < -0.4 is 10.5 Å². The van der Waals surface area contributed by atoms with Gasteiger partial charge in [-0.15, -0.1) is 12.4 Å². The van der Waals surface area contributed by atoms with Gasteiger partial charge in [-0.1, -0.05) is 25.0 Å². The number of nitrogens with one attached hydrogen (secondary N) is 1. The minimum atomic E-state index is -3.65. The molecule has 1 fully saturated rings. The number of rotatable bonds is 5. The summed E-state index contributed by atoms with van der Waals surface area (Å²) in [4.78, 5) is 11.5. The smallest absolute Gasteiger partial charge is 0.241 e. The van der Waals surface area contributed by atoms with Crippen molar-refractivity contribution in [1.82, 2.24) is 4.72 Å². The number of hydrogen-bond acceptors (Lipinski definition) is 4. The van der Waals surface area contributed by atoms with E-state index in [9.17, 15) is 13.2 Å². The second-order valence-corrected chi connectivity index (χ2v) is 7.06. The van der Waals surface area contributed by atoms with E-state index in [1.54, 1.807) is 12.1 Å². The maximum absolute atomic E-state index is 12.4. The molecule has 3 N–H and O–H groups in total. The Morgan fingerprint density at radius 3 is 2.48 bits per heavy atom. The first-order chi connectivity index (χ1) is 9.38. The maximum atomic E-state index is 12.4. The van der Waals surface area contributed by atoms with Crippen molar-refractivity contribution < 1.29 is 13.2 Å². The lowest BCUT2D eigenvalue weighted by molar-refractivity contribution is 0.101. The van der Waals surface area contributed by atoms with Crippen LogP contribution >= 0.6 is 12.4 Å². The molecule has 0 radical (unpaired) electrons. The fourth-order valence-corrected chi connectivity index (χ4v) is 4.14. The van der Waals surface area contributed by atoms with Crippen molar-refractivity contribution >= 4 is 28.2 Å². The van der Waals surface area contributed by atoms with E-state index in [0.717, 1.165) is 25.7 Å². The molecule has 1 aliphatic carbocycles. The molecule has 5 nitrogen and oxygen atoms in total. The van der Waals surface area contributed by atoms with Gasteiger partial charge in [0, 0.05) is 17.6 Å². The summed E-state index contributed by atoms with van der Waals surface area (Å²) in [6, 6.07) is 6.09. The van der Waals surface area contributed by atoms with Crippen molar-refractivity contribution in [2.45, 2.75) is 43.0 Å². The van der Waals surface area contributed by atoms with Crippen LogP contribution in [0.2, 0.25) is 0 Å². The quantitative estimate of drug-likeness (QED) is 0.805. The monoisotopic (exact) mass is 332 g/mol. The van der Waals surface area contributed by atoms with Crippen LogP contribution in [0.25, 0.3) is 0 Å². The SMILES string of the molecule is CC(=O)c1cccc(S(=O)(=O)NC2(CN)CCCC2)c1.Cl. The number of sulfonamides is 1. The molecule has 0 unspecified atom stereocenters. The highest BCUT2D eigenvalue weighted by molar-refractivity contribution is 7.89. The summed E-state index contributed by atoms with van der Waals surface area (Å²) >= 11 is 0. The molecule has 7 heteroatoms. The van der Waals surface area contributed by atoms with Gasteiger partial charge in [-0.05, 0) is 31.9 Å². The van der Waals surface area contributed by atoms with Crippen molar-refractivity contribution in [2.75, 3.05) is 6.54 Å². The fourth-order valence-electron chi connectivity index (χ4n) is 2.63. The van der Waals surface area contributed by atoms with Crippen LogP contribution in [0.1, 0.15) is 43.0 Å². The summed E-state index contributed by atoms with van der Waals surface area (Å²) in [5, 5.41) is 0. The third-order valence-electron chi connectivity index (χ3n) is 3.85. The first kappa shape index (κ1) is 18.1. The molecular formula is C14H21ClN2O3S. The Labute approximate surface area is 131 Å². The number of halogens is 1. The number of Topliss-reactive ketones (excluding diaryl/α,β-unsaturated/α-hetero) is 1. The largest absolute Gasteiger partial charge is 0.329 e. The van der Waals surface area contributed by atoms with E-state index in [4.69, 9.17) is 5.73 Å². The van der Waals surface area contributed by atoms with Gasteiger partial charge in [0.2, 0.25) is 10.0 Å². The Hall–Kier alpha value is -0.950. The predicted molar refractivity (Wildman–Crippen MR) is 84.3 cm³/mol. The molecule has 0 heterocycles. The third kappa shape index (κ3) is 4.03. The van der Waals surface area contributed by atoms with Gasteiger partial charge in [-0.3, -0.25) is 4.79 Å². The van der Waals surface area contributed by atoms with Crippen LogP contribution in [0.15, 0.2) is 29.2 Å². The number of nitrogens with two attached hydrogens (primary N) is 1. The highest BCUT2D eigenvalue weighted by atomic mass is 35.5. The Kier molecular flexibility index (Phi) is 5.92. The molecule has 0 saturated heterocycles. The minimum Gasteiger partial charge on any atom is -0.329 e. The number of hydrogen-bond donors (Lipinski definition) is 2. The van der Waals surface area contributed by atoms with Gasteiger partial charge < -0.3 is 5.73 Å². The molecular weight excluding hydrogens is 312 g/mol. The first-order valence-corrected chi connectivity index (χ1v) is 8.22. The highest BCUT2D eigenvalue weighted by Crippen LogP contribution is 2.30. The Morgan fingerprint density at radius 2 is 1.95 bits per heavy atom. The van der Waals surface area contributed by atoms with Gasteiger partial charge in [0.15, 0.2) is 5.78 Å². The van der Waals surface area contributed by atoms with E-state index >= 15 is 0 Å². The highest BCUT2D eigenvalue weighted by Gasteiger charge is 2.36. The second-order valence-electron chi connectivity index (χ2n) is 5.38. The third-order valence-corrected chi connectivity index (χ3v) is 5.43. The van der Waals surface area contributed by atoms with Gasteiger partial charge in [-0.2, -0.15) is 0 Å². The van der Waals surface area contributed by atoms with Gasteiger partial charge in [-0.25, -0.2) is 13.1 Å². The fraction of sp³-hybridized carbons (Fsp3) is 0.500. The summed E-state index contributed by atoms with van der Waals surface area (Å²) in [6.07, 6.45) is 3.48. The van der Waals surface area contributed by atoms with Gasteiger partial charge in [0.1, 0.15) is 0 Å². The van der Waals surface area contributed by atoms with Crippen molar-refractivity contribution in [2.24, 2.45) is 5.73 Å². The van der Waals surface area contributed by atoms with E-state index < -0.39 is 15.6 Å². The molecule has 0 spiro atoms. The normalized spacial score (nSPS) is 17.2. The van der Waals surface area contributed by atoms with Gasteiger partial charge >= 0.3 is 0 Å². The Balaban J connectivity index is 0.00000220. The number of carbonyl (C=O) groups is 1. The topological polar surface area (TPSA) is 89.3 Å². The zero-order chi connectivity index (χ0) is 14.8. The van der Waals surface area contributed by atoms with Crippen LogP contribution in [-0.2, 0) is 10.0 Å². The predicted octanol–water partition coefficient (Wildman–Crippen LogP) is 1.86. The summed E-state index contributed by atoms with van der Waals surface area (Å²) in [5.74, 6) is -0.156. The number of ketones is 1. The maximum Gasteiger partial charge on any atom is 0.241 e.